The van der Waals surface area contributed by atoms with Crippen molar-refractivity contribution in [2.45, 2.75) is 56.9 Å². The Morgan fingerprint density at radius 2 is 1.49 bits per heavy atom. The van der Waals surface area contributed by atoms with E-state index in [-0.39, 0.29) is 38.3 Å². The van der Waals surface area contributed by atoms with Crippen LogP contribution in [0.2, 0.25) is 0 Å². The maximum atomic E-state index is 14.0. The van der Waals surface area contributed by atoms with Gasteiger partial charge < -0.3 is 30.8 Å². The Morgan fingerprint density at radius 1 is 0.851 bits per heavy atom. The molecule has 1 fully saturated rings. The summed E-state index contributed by atoms with van der Waals surface area (Å²) in [5.41, 5.74) is 7.68. The predicted octanol–water partition coefficient (Wildman–Crippen LogP) is 3.54. The molecule has 2 heterocycles. The third-order valence-corrected chi connectivity index (χ3v) is 8.27. The number of para-hydroxylation sites is 1. The van der Waals surface area contributed by atoms with Gasteiger partial charge >= 0.3 is 6.09 Å². The fraction of sp³-hybridized carbons (Fsp3) is 0.306. The Kier molecular flexibility index (Phi) is 10.5. The molecule has 244 valence electrons. The molecule has 0 bridgehead atoms. The number of ether oxygens (including phenoxy) is 2. The van der Waals surface area contributed by atoms with Gasteiger partial charge in [-0.1, -0.05) is 78.9 Å². The van der Waals surface area contributed by atoms with E-state index in [4.69, 9.17) is 15.2 Å². The van der Waals surface area contributed by atoms with E-state index in [0.717, 1.165) is 27.6 Å². The molecule has 11 heteroatoms. The number of nitrogens with one attached hydrogen (secondary N) is 3. The fourth-order valence-corrected chi connectivity index (χ4v) is 5.53. The highest BCUT2D eigenvalue weighted by molar-refractivity contribution is 5.99. The van der Waals surface area contributed by atoms with Gasteiger partial charge in [0.25, 0.3) is 0 Å². The van der Waals surface area contributed by atoms with Crippen molar-refractivity contribution in [1.82, 2.24) is 15.6 Å². The lowest BCUT2D eigenvalue weighted by Gasteiger charge is -2.24. The molecule has 5 N–H and O–H groups in total. The minimum absolute atomic E-state index is 0.0464. The van der Waals surface area contributed by atoms with Crippen molar-refractivity contribution in [3.63, 3.8) is 0 Å². The summed E-state index contributed by atoms with van der Waals surface area (Å²) in [5.74, 6) is -3.13. The van der Waals surface area contributed by atoms with Crippen molar-refractivity contribution in [2.75, 3.05) is 6.61 Å². The van der Waals surface area contributed by atoms with Gasteiger partial charge in [0.2, 0.25) is 11.8 Å². The number of benzene rings is 3. The lowest BCUT2D eigenvalue weighted by molar-refractivity contribution is -0.134. The van der Waals surface area contributed by atoms with Crippen LogP contribution in [-0.2, 0) is 48.1 Å². The van der Waals surface area contributed by atoms with Crippen LogP contribution in [0.5, 0.6) is 0 Å². The van der Waals surface area contributed by atoms with Gasteiger partial charge in [0, 0.05) is 29.4 Å². The zero-order chi connectivity index (χ0) is 33.4. The zero-order valence-electron chi connectivity index (χ0n) is 26.1. The number of nitrogens with two attached hydrogens (primary N) is 1. The summed E-state index contributed by atoms with van der Waals surface area (Å²) in [7, 11) is 0. The van der Waals surface area contributed by atoms with Crippen LogP contribution in [0.15, 0.2) is 91.1 Å². The van der Waals surface area contributed by atoms with Crippen molar-refractivity contribution in [1.29, 1.82) is 0 Å². The average molecular weight is 639 g/mol. The number of H-pyrrole nitrogens is 1. The Balaban J connectivity index is 1.36. The van der Waals surface area contributed by atoms with Crippen LogP contribution in [0.1, 0.15) is 36.5 Å². The van der Waals surface area contributed by atoms with Gasteiger partial charge in [-0.15, -0.1) is 0 Å². The summed E-state index contributed by atoms with van der Waals surface area (Å²) in [6.07, 6.45) is 0.424. The topological polar surface area (TPSA) is 173 Å². The highest BCUT2D eigenvalue weighted by atomic mass is 16.6. The smallest absolute Gasteiger partial charge is 0.408 e. The molecule has 0 saturated carbocycles. The summed E-state index contributed by atoms with van der Waals surface area (Å²) in [4.78, 5) is 69.0. The SMILES string of the molecule is C[C@]1(C(=O)[C@H](Cc2ccccc2)NC(=O)[C@@H](CC(=O)[C@H](CC(N)=O)NC(=O)OCc2ccccc2)Cc2c[nH]c3ccccc23)CO1. The number of carbonyl (C=O) groups is 5. The second-order valence-corrected chi connectivity index (χ2v) is 12.0. The van der Waals surface area contributed by atoms with E-state index in [2.05, 4.69) is 15.6 Å². The van der Waals surface area contributed by atoms with Crippen LogP contribution >= 0.6 is 0 Å². The minimum atomic E-state index is -1.32. The molecule has 0 aliphatic carbocycles. The Bertz CT molecular complexity index is 1730. The summed E-state index contributed by atoms with van der Waals surface area (Å²) >= 11 is 0. The molecule has 0 unspecified atom stereocenters. The van der Waals surface area contributed by atoms with Crippen LogP contribution < -0.4 is 16.4 Å². The third-order valence-electron chi connectivity index (χ3n) is 8.27. The molecule has 4 atom stereocenters. The molecule has 4 aromatic rings. The number of rotatable bonds is 16. The van der Waals surface area contributed by atoms with E-state index in [9.17, 15) is 24.0 Å². The number of alkyl carbamates (subject to hydrolysis) is 1. The summed E-state index contributed by atoms with van der Waals surface area (Å²) < 4.78 is 10.7. The van der Waals surface area contributed by atoms with E-state index in [1.807, 2.05) is 60.7 Å². The normalized spacial score (nSPS) is 17.2. The second kappa shape index (κ2) is 14.9. The van der Waals surface area contributed by atoms with Crippen LogP contribution in [0, 0.1) is 5.92 Å². The largest absolute Gasteiger partial charge is 0.445 e. The maximum absolute atomic E-state index is 14.0. The Hall–Kier alpha value is -5.29. The van der Waals surface area contributed by atoms with Gasteiger partial charge in [-0.05, 0) is 42.5 Å². The first kappa shape index (κ1) is 33.1. The molecule has 0 radical (unpaired) electrons. The van der Waals surface area contributed by atoms with E-state index < -0.39 is 53.7 Å². The molecule has 0 spiro atoms. The van der Waals surface area contributed by atoms with Crippen molar-refractivity contribution in [2.24, 2.45) is 11.7 Å². The van der Waals surface area contributed by atoms with Gasteiger partial charge in [-0.3, -0.25) is 19.2 Å². The average Bonchev–Trinajstić information content (AvgIpc) is 3.70. The molecule has 1 aromatic heterocycles. The summed E-state index contributed by atoms with van der Waals surface area (Å²) in [6.45, 7) is 1.89. The quantitative estimate of drug-likeness (QED) is 0.136. The number of hydrogen-bond donors (Lipinski definition) is 4. The number of carbonyl (C=O) groups excluding carboxylic acids is 5. The summed E-state index contributed by atoms with van der Waals surface area (Å²) in [6, 6.07) is 23.6. The van der Waals surface area contributed by atoms with Crippen LogP contribution in [0.3, 0.4) is 0 Å². The predicted molar refractivity (Wildman–Crippen MR) is 174 cm³/mol. The van der Waals surface area contributed by atoms with Gasteiger partial charge in [0.1, 0.15) is 12.2 Å². The Labute approximate surface area is 272 Å². The lowest BCUT2D eigenvalue weighted by Crippen LogP contribution is -2.50. The Morgan fingerprint density at radius 3 is 2.15 bits per heavy atom. The van der Waals surface area contributed by atoms with Crippen molar-refractivity contribution >= 4 is 40.4 Å². The molecular weight excluding hydrogens is 600 g/mol. The molecule has 1 saturated heterocycles. The molecular formula is C36H38N4O7. The number of fused-ring (bicyclic) bond motifs is 1. The first-order valence-electron chi connectivity index (χ1n) is 15.5. The highest BCUT2D eigenvalue weighted by Crippen LogP contribution is 2.30. The number of aromatic amines is 1. The van der Waals surface area contributed by atoms with Crippen LogP contribution in [0.4, 0.5) is 4.79 Å². The van der Waals surface area contributed by atoms with Crippen LogP contribution in [0.25, 0.3) is 10.9 Å². The second-order valence-electron chi connectivity index (χ2n) is 12.0. The molecule has 47 heavy (non-hydrogen) atoms. The standard InChI is InChI=1S/C36H38N4O7/c1-36(22-47-36)33(43)30(16-23-10-4-2-5-11-23)39-34(44)25(17-26-20-38-28-15-9-8-14-27(26)28)18-31(41)29(19-32(37)42)40-35(45)46-21-24-12-6-3-7-13-24/h2-15,20,25,29-30,38H,16-19,21-22H2,1H3,(H2,37,42)(H,39,44)(H,40,45)/t25-,29+,30+,36-/m1/s1. The number of hydrogen-bond acceptors (Lipinski definition) is 7. The number of primary amides is 1. The van der Waals surface area contributed by atoms with Crippen molar-refractivity contribution < 1.29 is 33.4 Å². The first-order valence-corrected chi connectivity index (χ1v) is 15.5. The molecule has 11 nitrogen and oxygen atoms in total. The molecule has 1 aliphatic rings. The number of ketones is 2. The molecule has 1 aliphatic heterocycles. The molecule has 3 amide bonds. The van der Waals surface area contributed by atoms with E-state index >= 15 is 0 Å². The monoisotopic (exact) mass is 638 g/mol. The van der Waals surface area contributed by atoms with E-state index in [0.29, 0.717) is 0 Å². The third kappa shape index (κ3) is 8.92. The zero-order valence-corrected chi connectivity index (χ0v) is 26.1. The van der Waals surface area contributed by atoms with Gasteiger partial charge in [0.05, 0.1) is 25.1 Å². The van der Waals surface area contributed by atoms with E-state index in [1.54, 1.807) is 37.4 Å². The highest BCUT2D eigenvalue weighted by Gasteiger charge is 2.50. The number of epoxide rings is 1. The first-order chi connectivity index (χ1) is 22.6. The fourth-order valence-electron chi connectivity index (χ4n) is 5.53. The van der Waals surface area contributed by atoms with Crippen molar-refractivity contribution in [3.8, 4) is 0 Å². The van der Waals surface area contributed by atoms with E-state index in [1.165, 1.54) is 0 Å². The number of Topliss-reactive ketones (excluding diaryl/α,β-unsaturated/α-hetero) is 2. The van der Waals surface area contributed by atoms with Gasteiger partial charge in [-0.2, -0.15) is 0 Å². The number of aromatic nitrogens is 1. The van der Waals surface area contributed by atoms with Crippen LogP contribution in [-0.4, -0.2) is 58.7 Å². The molecule has 5 rings (SSSR count). The summed E-state index contributed by atoms with van der Waals surface area (Å²) in [5, 5.41) is 6.23. The number of amides is 3. The lowest BCUT2D eigenvalue weighted by atomic mass is 9.89. The van der Waals surface area contributed by atoms with Crippen molar-refractivity contribution in [3.05, 3.63) is 108 Å². The molecule has 3 aromatic carbocycles. The van der Waals surface area contributed by atoms with Gasteiger partial charge in [-0.25, -0.2) is 4.79 Å². The maximum Gasteiger partial charge on any atom is 0.408 e. The van der Waals surface area contributed by atoms with Gasteiger partial charge in [0.15, 0.2) is 11.6 Å². The minimum Gasteiger partial charge on any atom is -0.445 e.